The first kappa shape index (κ1) is 22.6. The van der Waals surface area contributed by atoms with Crippen LogP contribution in [0.3, 0.4) is 0 Å². The monoisotopic (exact) mass is 455 g/mol. The fourth-order valence-electron chi connectivity index (χ4n) is 2.70. The number of hydrazone groups is 1. The normalized spacial score (nSPS) is 10.7. The molecule has 164 valence electrons. The summed E-state index contributed by atoms with van der Waals surface area (Å²) in [6.45, 7) is 0.256. The Labute approximate surface area is 188 Å². The number of rotatable bonds is 8. The summed E-state index contributed by atoms with van der Waals surface area (Å²) in [7, 11) is 1.49. The highest BCUT2D eigenvalue weighted by Gasteiger charge is 2.16. The van der Waals surface area contributed by atoms with Crippen molar-refractivity contribution in [2.75, 3.05) is 7.11 Å². The summed E-state index contributed by atoms with van der Waals surface area (Å²) in [5.41, 5.74) is 3.05. The van der Waals surface area contributed by atoms with Crippen LogP contribution in [0.5, 0.6) is 17.2 Å². The number of phenols is 1. The maximum atomic E-state index is 12.2. The molecular formula is C22H18ClN3O6. The van der Waals surface area contributed by atoms with E-state index in [-0.39, 0.29) is 17.9 Å². The maximum Gasteiger partial charge on any atom is 0.275 e. The number of phenolic OH excluding ortho intramolecular Hbond substituents is 1. The largest absolute Gasteiger partial charge is 0.507 e. The summed E-state index contributed by atoms with van der Waals surface area (Å²) in [5.74, 6) is -0.252. The number of benzene rings is 3. The Morgan fingerprint density at radius 2 is 1.97 bits per heavy atom. The molecule has 0 unspecified atom stereocenters. The predicted octanol–water partition coefficient (Wildman–Crippen LogP) is 4.31. The van der Waals surface area contributed by atoms with E-state index in [1.165, 1.54) is 13.3 Å². The van der Waals surface area contributed by atoms with Crippen molar-refractivity contribution in [3.63, 3.8) is 0 Å². The summed E-state index contributed by atoms with van der Waals surface area (Å²) in [4.78, 5) is 22.4. The molecule has 3 aromatic carbocycles. The molecule has 0 heterocycles. The van der Waals surface area contributed by atoms with Crippen molar-refractivity contribution in [2.45, 2.75) is 6.61 Å². The van der Waals surface area contributed by atoms with Crippen molar-refractivity contribution in [1.82, 2.24) is 5.43 Å². The van der Waals surface area contributed by atoms with E-state index >= 15 is 0 Å². The Morgan fingerprint density at radius 1 is 1.19 bits per heavy atom. The number of hydrogen-bond donors (Lipinski definition) is 2. The smallest absolute Gasteiger partial charge is 0.275 e. The van der Waals surface area contributed by atoms with E-state index in [0.717, 1.165) is 23.8 Å². The van der Waals surface area contributed by atoms with Gasteiger partial charge in [-0.2, -0.15) is 5.10 Å². The Bertz CT molecular complexity index is 1180. The number of nitro benzene ring substituents is 1. The fourth-order valence-corrected chi connectivity index (χ4v) is 2.89. The number of aromatic hydroxyl groups is 1. The Balaban J connectivity index is 1.67. The SMILES string of the molecule is COc1cc(/C=N\NC(=O)c2cc([N+](=O)[O-])ccc2O)ccc1OCc1ccccc1Cl. The predicted molar refractivity (Wildman–Crippen MR) is 119 cm³/mol. The quantitative estimate of drug-likeness (QED) is 0.296. The molecule has 0 fully saturated rings. The summed E-state index contributed by atoms with van der Waals surface area (Å²) in [6.07, 6.45) is 1.35. The number of halogens is 1. The minimum absolute atomic E-state index is 0.256. The number of nitrogens with zero attached hydrogens (tertiary/aromatic N) is 2. The Hall–Kier alpha value is -4.11. The van der Waals surface area contributed by atoms with Crippen LogP contribution in [0, 0.1) is 10.1 Å². The van der Waals surface area contributed by atoms with Crippen molar-refractivity contribution < 1.29 is 24.3 Å². The zero-order valence-electron chi connectivity index (χ0n) is 16.8. The molecule has 0 aliphatic carbocycles. The molecule has 10 heteroatoms. The number of hydrogen-bond acceptors (Lipinski definition) is 7. The van der Waals surface area contributed by atoms with E-state index in [0.29, 0.717) is 22.1 Å². The number of methoxy groups -OCH3 is 1. The third-order valence-electron chi connectivity index (χ3n) is 4.34. The summed E-state index contributed by atoms with van der Waals surface area (Å²) in [6, 6.07) is 15.5. The second-order valence-electron chi connectivity index (χ2n) is 6.45. The molecule has 9 nitrogen and oxygen atoms in total. The van der Waals surface area contributed by atoms with Crippen molar-refractivity contribution in [3.8, 4) is 17.2 Å². The van der Waals surface area contributed by atoms with Gasteiger partial charge in [0.15, 0.2) is 11.5 Å². The Kier molecular flexibility index (Phi) is 7.25. The van der Waals surface area contributed by atoms with Gasteiger partial charge in [0.25, 0.3) is 11.6 Å². The molecule has 2 N–H and O–H groups in total. The first-order chi connectivity index (χ1) is 15.4. The lowest BCUT2D eigenvalue weighted by Crippen LogP contribution is -2.18. The van der Waals surface area contributed by atoms with Gasteiger partial charge in [-0.05, 0) is 35.9 Å². The molecule has 0 aromatic heterocycles. The Morgan fingerprint density at radius 3 is 2.69 bits per heavy atom. The first-order valence-electron chi connectivity index (χ1n) is 9.24. The maximum absolute atomic E-state index is 12.2. The lowest BCUT2D eigenvalue weighted by atomic mass is 10.1. The fraction of sp³-hybridized carbons (Fsp3) is 0.0909. The van der Waals surface area contributed by atoms with Gasteiger partial charge in [0.2, 0.25) is 0 Å². The van der Waals surface area contributed by atoms with Crippen LogP contribution in [0.15, 0.2) is 65.8 Å². The van der Waals surface area contributed by atoms with Crippen LogP contribution in [-0.2, 0) is 6.61 Å². The molecule has 3 rings (SSSR count). The number of nitro groups is 1. The standard InChI is InChI=1S/C22H18ClN3O6/c1-31-21-10-14(6-9-20(21)32-13-15-4-2-3-5-18(15)23)12-24-25-22(28)17-11-16(26(29)30)7-8-19(17)27/h2-12,27H,13H2,1H3,(H,25,28)/b24-12-. The molecule has 3 aromatic rings. The van der Waals surface area contributed by atoms with E-state index in [1.54, 1.807) is 24.3 Å². The average Bonchev–Trinajstić information content (AvgIpc) is 2.79. The van der Waals surface area contributed by atoms with Crippen LogP contribution in [0.4, 0.5) is 5.69 Å². The molecule has 0 spiro atoms. The number of ether oxygens (including phenoxy) is 2. The van der Waals surface area contributed by atoms with E-state index in [2.05, 4.69) is 10.5 Å². The first-order valence-corrected chi connectivity index (χ1v) is 9.62. The number of amides is 1. The van der Waals surface area contributed by atoms with Gasteiger partial charge in [-0.25, -0.2) is 5.43 Å². The zero-order chi connectivity index (χ0) is 23.1. The van der Waals surface area contributed by atoms with E-state index < -0.39 is 16.6 Å². The summed E-state index contributed by atoms with van der Waals surface area (Å²) in [5, 5.41) is 25.1. The lowest BCUT2D eigenvalue weighted by Gasteiger charge is -2.12. The van der Waals surface area contributed by atoms with Gasteiger partial charge in [0.05, 0.1) is 23.8 Å². The molecule has 0 aliphatic heterocycles. The topological polar surface area (TPSA) is 123 Å². The number of carbonyl (C=O) groups is 1. The van der Waals surface area contributed by atoms with Gasteiger partial charge in [-0.1, -0.05) is 29.8 Å². The number of carbonyl (C=O) groups excluding carboxylic acids is 1. The van der Waals surface area contributed by atoms with Gasteiger partial charge in [-0.3, -0.25) is 14.9 Å². The zero-order valence-corrected chi connectivity index (χ0v) is 17.6. The van der Waals surface area contributed by atoms with Crippen LogP contribution in [0.2, 0.25) is 5.02 Å². The van der Waals surface area contributed by atoms with Crippen LogP contribution < -0.4 is 14.9 Å². The van der Waals surface area contributed by atoms with Crippen LogP contribution in [-0.4, -0.2) is 29.3 Å². The average molecular weight is 456 g/mol. The van der Waals surface area contributed by atoms with Gasteiger partial charge in [0.1, 0.15) is 12.4 Å². The van der Waals surface area contributed by atoms with E-state index in [9.17, 15) is 20.0 Å². The number of non-ortho nitro benzene ring substituents is 1. The third kappa shape index (κ3) is 5.52. The summed E-state index contributed by atoms with van der Waals surface area (Å²) >= 11 is 6.14. The molecule has 0 atom stereocenters. The molecule has 32 heavy (non-hydrogen) atoms. The van der Waals surface area contributed by atoms with Crippen molar-refractivity contribution >= 4 is 29.4 Å². The van der Waals surface area contributed by atoms with Crippen LogP contribution in [0.1, 0.15) is 21.5 Å². The van der Waals surface area contributed by atoms with E-state index in [1.807, 2.05) is 18.2 Å². The molecule has 0 radical (unpaired) electrons. The van der Waals surface area contributed by atoms with Gasteiger partial charge in [-0.15, -0.1) is 0 Å². The highest BCUT2D eigenvalue weighted by molar-refractivity contribution is 6.31. The third-order valence-corrected chi connectivity index (χ3v) is 4.71. The van der Waals surface area contributed by atoms with Crippen LogP contribution >= 0.6 is 11.6 Å². The van der Waals surface area contributed by atoms with Gasteiger partial charge >= 0.3 is 0 Å². The molecule has 1 amide bonds. The summed E-state index contributed by atoms with van der Waals surface area (Å²) < 4.78 is 11.1. The number of nitrogens with one attached hydrogen (secondary N) is 1. The highest BCUT2D eigenvalue weighted by atomic mass is 35.5. The minimum atomic E-state index is -0.797. The molecular weight excluding hydrogens is 438 g/mol. The van der Waals surface area contributed by atoms with Gasteiger partial charge < -0.3 is 14.6 Å². The lowest BCUT2D eigenvalue weighted by molar-refractivity contribution is -0.384. The van der Waals surface area contributed by atoms with Crippen molar-refractivity contribution in [2.24, 2.45) is 5.10 Å². The molecule has 0 saturated heterocycles. The van der Waals surface area contributed by atoms with Gasteiger partial charge in [0, 0.05) is 22.7 Å². The molecule has 0 saturated carbocycles. The molecule has 0 bridgehead atoms. The second kappa shape index (κ2) is 10.3. The minimum Gasteiger partial charge on any atom is -0.507 e. The van der Waals surface area contributed by atoms with E-state index in [4.69, 9.17) is 21.1 Å². The second-order valence-corrected chi connectivity index (χ2v) is 6.86. The molecule has 0 aliphatic rings. The van der Waals surface area contributed by atoms with Crippen LogP contribution in [0.25, 0.3) is 0 Å². The van der Waals surface area contributed by atoms with Crippen molar-refractivity contribution in [3.05, 3.63) is 92.5 Å². The van der Waals surface area contributed by atoms with Crippen molar-refractivity contribution in [1.29, 1.82) is 0 Å². The highest BCUT2D eigenvalue weighted by Crippen LogP contribution is 2.29.